The summed E-state index contributed by atoms with van der Waals surface area (Å²) < 4.78 is 11.1. The molecule has 4 nitrogen and oxygen atoms in total. The lowest BCUT2D eigenvalue weighted by atomic mass is 10.1. The van der Waals surface area contributed by atoms with Gasteiger partial charge in [-0.1, -0.05) is 19.9 Å². The highest BCUT2D eigenvalue weighted by molar-refractivity contribution is 5.43. The Labute approximate surface area is 122 Å². The molecule has 1 aromatic carbocycles. The maximum absolute atomic E-state index is 9.49. The van der Waals surface area contributed by atoms with Crippen LogP contribution in [0.15, 0.2) is 18.2 Å². The molecule has 2 N–H and O–H groups in total. The van der Waals surface area contributed by atoms with E-state index in [9.17, 15) is 5.11 Å². The number of rotatable bonds is 8. The third kappa shape index (κ3) is 5.39. The van der Waals surface area contributed by atoms with Gasteiger partial charge in [-0.15, -0.1) is 0 Å². The van der Waals surface area contributed by atoms with E-state index < -0.39 is 6.10 Å². The summed E-state index contributed by atoms with van der Waals surface area (Å²) in [5.74, 6) is 1.99. The smallest absolute Gasteiger partial charge is 0.161 e. The van der Waals surface area contributed by atoms with Gasteiger partial charge in [0, 0.05) is 6.54 Å². The molecule has 4 heteroatoms. The van der Waals surface area contributed by atoms with E-state index in [0.717, 1.165) is 18.7 Å². The van der Waals surface area contributed by atoms with Gasteiger partial charge in [0.2, 0.25) is 0 Å². The van der Waals surface area contributed by atoms with Crippen molar-refractivity contribution in [2.24, 2.45) is 5.92 Å². The molecular formula is C16H27NO3. The summed E-state index contributed by atoms with van der Waals surface area (Å²) in [4.78, 5) is 0. The zero-order chi connectivity index (χ0) is 15.1. The van der Waals surface area contributed by atoms with E-state index in [1.165, 1.54) is 0 Å². The third-order valence-corrected chi connectivity index (χ3v) is 3.10. The van der Waals surface area contributed by atoms with Crippen LogP contribution in [0, 0.1) is 5.92 Å². The number of aliphatic hydroxyl groups excluding tert-OH is 1. The van der Waals surface area contributed by atoms with Gasteiger partial charge in [0.05, 0.1) is 13.2 Å². The van der Waals surface area contributed by atoms with Crippen LogP contribution in [0.25, 0.3) is 0 Å². The first-order valence-electron chi connectivity index (χ1n) is 7.16. The summed E-state index contributed by atoms with van der Waals surface area (Å²) in [6.45, 7) is 9.70. The lowest BCUT2D eigenvalue weighted by molar-refractivity contribution is 0.0586. The van der Waals surface area contributed by atoms with Crippen molar-refractivity contribution < 1.29 is 14.6 Å². The number of aliphatic hydroxyl groups is 1. The summed E-state index contributed by atoms with van der Waals surface area (Å²) >= 11 is 0. The van der Waals surface area contributed by atoms with Crippen molar-refractivity contribution in [3.05, 3.63) is 23.8 Å². The highest BCUT2D eigenvalue weighted by Gasteiger charge is 2.13. The molecule has 0 spiro atoms. The van der Waals surface area contributed by atoms with Crippen LogP contribution in [-0.2, 0) is 6.54 Å². The fourth-order valence-corrected chi connectivity index (χ4v) is 1.72. The predicted octanol–water partition coefficient (Wildman–Crippen LogP) is 2.59. The fourth-order valence-electron chi connectivity index (χ4n) is 1.72. The van der Waals surface area contributed by atoms with E-state index in [2.05, 4.69) is 19.2 Å². The Morgan fingerprint density at radius 2 is 1.85 bits per heavy atom. The first-order chi connectivity index (χ1) is 9.43. The minimum Gasteiger partial charge on any atom is -0.493 e. The van der Waals surface area contributed by atoms with E-state index in [0.29, 0.717) is 17.4 Å². The minimum atomic E-state index is -0.521. The van der Waals surface area contributed by atoms with Gasteiger partial charge in [-0.05, 0) is 44.0 Å². The summed E-state index contributed by atoms with van der Waals surface area (Å²) in [7, 11) is 1.63. The zero-order valence-electron chi connectivity index (χ0n) is 13.1. The molecule has 0 saturated heterocycles. The van der Waals surface area contributed by atoms with Gasteiger partial charge in [-0.25, -0.2) is 0 Å². The first-order valence-corrected chi connectivity index (χ1v) is 7.16. The summed E-state index contributed by atoms with van der Waals surface area (Å²) in [6.07, 6.45) is -0.791. The molecule has 0 heterocycles. The highest BCUT2D eigenvalue weighted by Crippen LogP contribution is 2.29. The Hall–Kier alpha value is -1.26. The Morgan fingerprint density at radius 3 is 2.40 bits per heavy atom. The lowest BCUT2D eigenvalue weighted by Gasteiger charge is -2.19. The van der Waals surface area contributed by atoms with E-state index in [1.54, 1.807) is 14.0 Å². The van der Waals surface area contributed by atoms with Crippen LogP contribution < -0.4 is 14.8 Å². The number of ether oxygens (including phenoxy) is 2. The molecule has 0 aliphatic carbocycles. The van der Waals surface area contributed by atoms with Crippen molar-refractivity contribution in [2.45, 2.75) is 46.4 Å². The molecule has 0 fully saturated rings. The quantitative estimate of drug-likeness (QED) is 0.769. The van der Waals surface area contributed by atoms with Crippen molar-refractivity contribution in [3.8, 4) is 11.5 Å². The van der Waals surface area contributed by atoms with Crippen LogP contribution in [0.5, 0.6) is 11.5 Å². The van der Waals surface area contributed by atoms with E-state index >= 15 is 0 Å². The second-order valence-electron chi connectivity index (χ2n) is 5.57. The number of hydrogen-bond donors (Lipinski definition) is 2. The second-order valence-corrected chi connectivity index (χ2v) is 5.57. The Bertz CT molecular complexity index is 405. The number of benzene rings is 1. The van der Waals surface area contributed by atoms with E-state index in [4.69, 9.17) is 9.47 Å². The molecule has 0 aliphatic heterocycles. The topological polar surface area (TPSA) is 50.7 Å². The van der Waals surface area contributed by atoms with Crippen molar-refractivity contribution >= 4 is 0 Å². The molecule has 0 bridgehead atoms. The molecule has 0 amide bonds. The van der Waals surface area contributed by atoms with Crippen molar-refractivity contribution in [1.29, 1.82) is 0 Å². The van der Waals surface area contributed by atoms with Crippen molar-refractivity contribution in [1.82, 2.24) is 5.32 Å². The maximum Gasteiger partial charge on any atom is 0.161 e. The van der Waals surface area contributed by atoms with E-state index in [-0.39, 0.29) is 6.10 Å². The normalized spacial score (nSPS) is 14.2. The summed E-state index contributed by atoms with van der Waals surface area (Å²) in [5, 5.41) is 12.9. The summed E-state index contributed by atoms with van der Waals surface area (Å²) in [5.41, 5.74) is 1.15. The highest BCUT2D eigenvalue weighted by atomic mass is 16.5. The SMILES string of the molecule is COc1cc(CNCC(C)C)ccc1OC(C)C(C)O. The van der Waals surface area contributed by atoms with Crippen LogP contribution in [-0.4, -0.2) is 31.0 Å². The Morgan fingerprint density at radius 1 is 1.15 bits per heavy atom. The molecule has 2 atom stereocenters. The molecule has 0 saturated carbocycles. The van der Waals surface area contributed by atoms with Crippen LogP contribution in [0.3, 0.4) is 0 Å². The monoisotopic (exact) mass is 281 g/mol. The van der Waals surface area contributed by atoms with Crippen LogP contribution in [0.4, 0.5) is 0 Å². The van der Waals surface area contributed by atoms with Gasteiger partial charge in [0.25, 0.3) is 0 Å². The molecule has 114 valence electrons. The van der Waals surface area contributed by atoms with Gasteiger partial charge in [-0.2, -0.15) is 0 Å². The number of methoxy groups -OCH3 is 1. The Balaban J connectivity index is 2.70. The average Bonchev–Trinajstić information content (AvgIpc) is 2.39. The van der Waals surface area contributed by atoms with Gasteiger partial charge in [-0.3, -0.25) is 0 Å². The average molecular weight is 281 g/mol. The van der Waals surface area contributed by atoms with Crippen LogP contribution in [0.2, 0.25) is 0 Å². The van der Waals surface area contributed by atoms with Crippen LogP contribution >= 0.6 is 0 Å². The van der Waals surface area contributed by atoms with E-state index in [1.807, 2.05) is 25.1 Å². The maximum atomic E-state index is 9.49. The van der Waals surface area contributed by atoms with Gasteiger partial charge < -0.3 is 19.9 Å². The Kier molecular flexibility index (Phi) is 6.82. The molecule has 20 heavy (non-hydrogen) atoms. The number of nitrogens with one attached hydrogen (secondary N) is 1. The molecule has 0 aliphatic rings. The largest absolute Gasteiger partial charge is 0.493 e. The van der Waals surface area contributed by atoms with Gasteiger partial charge in [0.1, 0.15) is 6.10 Å². The zero-order valence-corrected chi connectivity index (χ0v) is 13.1. The fraction of sp³-hybridized carbons (Fsp3) is 0.625. The second kappa shape index (κ2) is 8.12. The van der Waals surface area contributed by atoms with Gasteiger partial charge >= 0.3 is 0 Å². The molecule has 1 aromatic rings. The molecule has 0 aromatic heterocycles. The van der Waals surface area contributed by atoms with Crippen molar-refractivity contribution in [3.63, 3.8) is 0 Å². The van der Waals surface area contributed by atoms with Crippen molar-refractivity contribution in [2.75, 3.05) is 13.7 Å². The lowest BCUT2D eigenvalue weighted by Crippen LogP contribution is -2.25. The minimum absolute atomic E-state index is 0.270. The van der Waals surface area contributed by atoms with Gasteiger partial charge in [0.15, 0.2) is 11.5 Å². The first kappa shape index (κ1) is 16.8. The molecular weight excluding hydrogens is 254 g/mol. The molecule has 1 rings (SSSR count). The standard InChI is InChI=1S/C16H27NO3/c1-11(2)9-17-10-14-6-7-15(16(8-14)19-5)20-13(4)12(3)18/h6-8,11-13,17-18H,9-10H2,1-5H3. The van der Waals surface area contributed by atoms with Crippen LogP contribution in [0.1, 0.15) is 33.3 Å². The number of hydrogen-bond acceptors (Lipinski definition) is 4. The molecule has 2 unspecified atom stereocenters. The third-order valence-electron chi connectivity index (χ3n) is 3.10. The summed E-state index contributed by atoms with van der Waals surface area (Å²) in [6, 6.07) is 5.88. The predicted molar refractivity (Wildman–Crippen MR) is 81.3 cm³/mol. The molecule has 0 radical (unpaired) electrons.